The van der Waals surface area contributed by atoms with Gasteiger partial charge in [-0.25, -0.2) is 0 Å². The first-order valence-electron chi connectivity index (χ1n) is 3.61. The van der Waals surface area contributed by atoms with Gasteiger partial charge < -0.3 is 0 Å². The topological polar surface area (TPSA) is 0 Å². The van der Waals surface area contributed by atoms with Crippen LogP contribution >= 0.6 is 0 Å². The van der Waals surface area contributed by atoms with E-state index in [2.05, 4.69) is 12.1 Å². The van der Waals surface area contributed by atoms with Gasteiger partial charge in [0.1, 0.15) is 0 Å². The molecule has 1 aliphatic rings. The van der Waals surface area contributed by atoms with Crippen molar-refractivity contribution in [3.05, 3.63) is 41.4 Å². The lowest BCUT2D eigenvalue weighted by Gasteiger charge is -1.93. The summed E-state index contributed by atoms with van der Waals surface area (Å²) in [4.78, 5) is 0. The maximum atomic E-state index is 7.38. The Morgan fingerprint density at radius 1 is 1.33 bits per heavy atom. The number of rotatable bonds is 0. The van der Waals surface area contributed by atoms with Gasteiger partial charge in [0.25, 0.3) is 0 Å². The van der Waals surface area contributed by atoms with E-state index < -0.39 is 0 Å². The fourth-order valence-electron chi connectivity index (χ4n) is 1.11. The number of hydrogen-bond donors (Lipinski definition) is 0. The molecule has 0 bridgehead atoms. The molecule has 0 heterocycles. The van der Waals surface area contributed by atoms with Crippen LogP contribution in [-0.2, 0) is 6.42 Å². The normalized spacial score (nSPS) is 16.4. The Kier molecular flexibility index (Phi) is 0.746. The van der Waals surface area contributed by atoms with E-state index in [1.165, 1.54) is 11.1 Å². The first kappa shape index (κ1) is 3.89. The predicted octanol–water partition coefficient (Wildman–Crippen LogP) is 2.26. The molecule has 0 fully saturated rings. The molecule has 0 spiro atoms. The summed E-state index contributed by atoms with van der Waals surface area (Å²) in [6.45, 7) is 0. The Morgan fingerprint density at radius 3 is 3.11 bits per heavy atom. The molecule has 0 aromatic heterocycles. The zero-order valence-electron chi connectivity index (χ0n) is 6.09. The first-order valence-corrected chi connectivity index (χ1v) is 3.11. The molecular weight excluding hydrogens is 108 g/mol. The van der Waals surface area contributed by atoms with E-state index in [1.54, 1.807) is 0 Å². The van der Waals surface area contributed by atoms with Gasteiger partial charge in [-0.15, -0.1) is 0 Å². The number of allylic oxidation sites excluding steroid dienone is 1. The van der Waals surface area contributed by atoms with Crippen LogP contribution in [0.5, 0.6) is 0 Å². The molecule has 0 atom stereocenters. The van der Waals surface area contributed by atoms with Crippen molar-refractivity contribution in [2.24, 2.45) is 0 Å². The van der Waals surface area contributed by atoms with Gasteiger partial charge in [0.05, 0.1) is 1.37 Å². The Bertz CT molecular complexity index is 287. The minimum Gasteiger partial charge on any atom is -0.0795 e. The molecule has 1 aliphatic carbocycles. The lowest BCUT2D eigenvalue weighted by molar-refractivity contribution is 1.31. The van der Waals surface area contributed by atoms with Gasteiger partial charge in [-0.1, -0.05) is 36.4 Å². The lowest BCUT2D eigenvalue weighted by Crippen LogP contribution is -1.76. The van der Waals surface area contributed by atoms with E-state index in [1.807, 2.05) is 18.2 Å². The van der Waals surface area contributed by atoms with Crippen LogP contribution in [0.3, 0.4) is 0 Å². The number of benzene rings is 1. The van der Waals surface area contributed by atoms with Crippen LogP contribution in [0.1, 0.15) is 12.5 Å². The third-order valence-electron chi connectivity index (χ3n) is 1.61. The summed E-state index contributed by atoms with van der Waals surface area (Å²) in [6, 6.07) is 8.88. The van der Waals surface area contributed by atoms with E-state index in [0.29, 0.717) is 0 Å². The summed E-state index contributed by atoms with van der Waals surface area (Å²) in [5.74, 6) is 0. The van der Waals surface area contributed by atoms with Gasteiger partial charge in [0.2, 0.25) is 0 Å². The van der Waals surface area contributed by atoms with Crippen LogP contribution in [0.25, 0.3) is 6.08 Å². The maximum absolute atomic E-state index is 7.38. The van der Waals surface area contributed by atoms with Crippen molar-refractivity contribution in [3.8, 4) is 0 Å². The summed E-state index contributed by atoms with van der Waals surface area (Å²) in [5.41, 5.74) is 2.50. The zero-order valence-corrected chi connectivity index (χ0v) is 5.09. The van der Waals surface area contributed by atoms with Gasteiger partial charge in [-0.2, -0.15) is 0 Å². The summed E-state index contributed by atoms with van der Waals surface area (Å²) >= 11 is 0. The molecule has 0 saturated heterocycles. The molecule has 1 aromatic rings. The molecule has 0 aliphatic heterocycles. The molecule has 1 aromatic carbocycles. The first-order chi connectivity index (χ1) is 4.86. The third kappa shape index (κ3) is 0.672. The SMILES string of the molecule is [2H]C1=Cc2ccccc2C1. The summed E-state index contributed by atoms with van der Waals surface area (Å²) in [6.07, 6.45) is 2.74. The summed E-state index contributed by atoms with van der Waals surface area (Å²) in [7, 11) is 0. The third-order valence-corrected chi connectivity index (χ3v) is 1.61. The smallest absolute Gasteiger partial charge is 0.0580 e. The quantitative estimate of drug-likeness (QED) is 0.489. The molecule has 44 valence electrons. The van der Waals surface area contributed by atoms with Crippen LogP contribution in [0.4, 0.5) is 0 Å². The van der Waals surface area contributed by atoms with Crippen LogP contribution in [0.15, 0.2) is 30.3 Å². The van der Waals surface area contributed by atoms with Crippen LogP contribution in [0.2, 0.25) is 0 Å². The molecular formula is C9H8. The fraction of sp³-hybridized carbons (Fsp3) is 0.111. The number of hydrogen-bond acceptors (Lipinski definition) is 0. The lowest BCUT2D eigenvalue weighted by atomic mass is 10.1. The molecule has 0 saturated carbocycles. The average Bonchev–Trinajstić information content (AvgIpc) is 2.27. The van der Waals surface area contributed by atoms with Crippen LogP contribution in [-0.4, -0.2) is 0 Å². The Morgan fingerprint density at radius 2 is 2.22 bits per heavy atom. The molecule has 0 N–H and O–H groups in total. The van der Waals surface area contributed by atoms with E-state index in [0.717, 1.165) is 12.5 Å². The van der Waals surface area contributed by atoms with E-state index in [4.69, 9.17) is 1.37 Å². The highest BCUT2D eigenvalue weighted by Crippen LogP contribution is 2.17. The Hall–Kier alpha value is -1.04. The van der Waals surface area contributed by atoms with Gasteiger partial charge in [-0.3, -0.25) is 0 Å². The highest BCUT2D eigenvalue weighted by Gasteiger charge is 2.00. The largest absolute Gasteiger partial charge is 0.0795 e. The van der Waals surface area contributed by atoms with Gasteiger partial charge in [0.15, 0.2) is 0 Å². The molecule has 0 heteroatoms. The second-order valence-electron chi connectivity index (χ2n) is 2.22. The fourth-order valence-corrected chi connectivity index (χ4v) is 1.11. The zero-order chi connectivity index (χ0) is 6.97. The van der Waals surface area contributed by atoms with Crippen molar-refractivity contribution < 1.29 is 1.37 Å². The van der Waals surface area contributed by atoms with Crippen molar-refractivity contribution in [1.29, 1.82) is 0 Å². The van der Waals surface area contributed by atoms with Gasteiger partial charge in [-0.05, 0) is 17.5 Å². The highest BCUT2D eigenvalue weighted by molar-refractivity contribution is 5.59. The van der Waals surface area contributed by atoms with E-state index in [-0.39, 0.29) is 0 Å². The highest BCUT2D eigenvalue weighted by atomic mass is 14.0. The number of fused-ring (bicyclic) bond motifs is 1. The molecule has 0 unspecified atom stereocenters. The maximum Gasteiger partial charge on any atom is 0.0580 e. The summed E-state index contributed by atoms with van der Waals surface area (Å²) < 4.78 is 7.38. The van der Waals surface area contributed by atoms with Crippen LogP contribution in [0, 0.1) is 0 Å². The van der Waals surface area contributed by atoms with Gasteiger partial charge in [0, 0.05) is 0 Å². The van der Waals surface area contributed by atoms with Crippen molar-refractivity contribution in [2.45, 2.75) is 6.42 Å². The second-order valence-corrected chi connectivity index (χ2v) is 2.22. The average molecular weight is 117 g/mol. The van der Waals surface area contributed by atoms with Crippen molar-refractivity contribution in [1.82, 2.24) is 0 Å². The molecule has 0 radical (unpaired) electrons. The van der Waals surface area contributed by atoms with Crippen molar-refractivity contribution >= 4 is 6.08 Å². The molecule has 9 heavy (non-hydrogen) atoms. The van der Waals surface area contributed by atoms with E-state index in [9.17, 15) is 0 Å². The van der Waals surface area contributed by atoms with Crippen LogP contribution < -0.4 is 0 Å². The minimum absolute atomic E-state index is 0.723. The van der Waals surface area contributed by atoms with Crippen molar-refractivity contribution in [2.75, 3.05) is 0 Å². The van der Waals surface area contributed by atoms with E-state index >= 15 is 0 Å². The monoisotopic (exact) mass is 117 g/mol. The van der Waals surface area contributed by atoms with Crippen molar-refractivity contribution in [3.63, 3.8) is 0 Å². The minimum atomic E-state index is 0.723. The Balaban J connectivity index is 2.54. The molecule has 0 amide bonds. The standard InChI is InChI=1S/C9H8/c1-2-5-9-7-3-6-8(9)4-1/h1-6H,7H2/i3D. The second kappa shape index (κ2) is 1.73. The predicted molar refractivity (Wildman–Crippen MR) is 39.2 cm³/mol. The van der Waals surface area contributed by atoms with Gasteiger partial charge >= 0.3 is 0 Å². The summed E-state index contributed by atoms with van der Waals surface area (Å²) in [5, 5.41) is 0. The molecule has 0 nitrogen and oxygen atoms in total. The Labute approximate surface area is 56.2 Å². The molecule has 2 rings (SSSR count).